The van der Waals surface area contributed by atoms with Crippen LogP contribution in [0.15, 0.2) is 66.7 Å². The molecule has 3 aromatic carbocycles. The molecule has 2 N–H and O–H groups in total. The molecular formula is C27H24ClN3O4. The van der Waals surface area contributed by atoms with Crippen LogP contribution in [0.2, 0.25) is 5.02 Å². The zero-order valence-corrected chi connectivity index (χ0v) is 20.0. The molecule has 0 bridgehead atoms. The number of aromatic hydroxyl groups is 1. The van der Waals surface area contributed by atoms with E-state index in [1.807, 2.05) is 53.4 Å². The molecule has 1 amide bonds. The molecule has 178 valence electrons. The van der Waals surface area contributed by atoms with Crippen LogP contribution >= 0.6 is 11.6 Å². The molecule has 5 rings (SSSR count). The van der Waals surface area contributed by atoms with E-state index >= 15 is 0 Å². The van der Waals surface area contributed by atoms with Crippen LogP contribution in [0.4, 0.5) is 0 Å². The van der Waals surface area contributed by atoms with Gasteiger partial charge in [0.15, 0.2) is 11.5 Å². The van der Waals surface area contributed by atoms with Crippen LogP contribution in [0.5, 0.6) is 17.2 Å². The van der Waals surface area contributed by atoms with Gasteiger partial charge in [0, 0.05) is 22.7 Å². The van der Waals surface area contributed by atoms with E-state index in [1.54, 1.807) is 32.4 Å². The van der Waals surface area contributed by atoms with E-state index in [2.05, 4.69) is 10.2 Å². The number of aromatic amines is 1. The first-order valence-electron chi connectivity index (χ1n) is 11.2. The minimum absolute atomic E-state index is 0.105. The number of H-pyrrole nitrogens is 1. The summed E-state index contributed by atoms with van der Waals surface area (Å²) in [7, 11) is 3.20. The Labute approximate surface area is 207 Å². The van der Waals surface area contributed by atoms with Crippen LogP contribution in [0.1, 0.15) is 33.2 Å². The lowest BCUT2D eigenvalue weighted by atomic mass is 9.95. The lowest BCUT2D eigenvalue weighted by Crippen LogP contribution is -2.31. The fourth-order valence-corrected chi connectivity index (χ4v) is 4.71. The molecule has 7 nitrogen and oxygen atoms in total. The van der Waals surface area contributed by atoms with Crippen molar-refractivity contribution in [2.45, 2.75) is 12.5 Å². The Morgan fingerprint density at radius 1 is 1.03 bits per heavy atom. The van der Waals surface area contributed by atoms with Crippen molar-refractivity contribution in [2.75, 3.05) is 20.8 Å². The average molecular weight is 490 g/mol. The number of phenolic OH excluding ortho intramolecular Hbond substituents is 1. The van der Waals surface area contributed by atoms with Crippen LogP contribution < -0.4 is 9.47 Å². The number of amides is 1. The van der Waals surface area contributed by atoms with Crippen LogP contribution in [0, 0.1) is 0 Å². The quantitative estimate of drug-likeness (QED) is 0.370. The van der Waals surface area contributed by atoms with E-state index in [1.165, 1.54) is 0 Å². The first kappa shape index (κ1) is 22.8. The number of halogens is 1. The summed E-state index contributed by atoms with van der Waals surface area (Å²) in [6.45, 7) is 0.463. The number of hydrogen-bond donors (Lipinski definition) is 2. The van der Waals surface area contributed by atoms with Gasteiger partial charge in [0.2, 0.25) is 0 Å². The molecule has 0 saturated carbocycles. The Bertz CT molecular complexity index is 1380. The molecule has 8 heteroatoms. The van der Waals surface area contributed by atoms with Gasteiger partial charge in [-0.15, -0.1) is 0 Å². The van der Waals surface area contributed by atoms with Crippen LogP contribution in [-0.2, 0) is 6.42 Å². The standard InChI is InChI=1S/C27H24ClN3O4/c1-34-21-12-7-16(15-22(21)35-2)13-14-31-26(17-8-10-18(28)11-9-17)23-24(29-30-25(23)27(31)33)19-5-3-4-6-20(19)32/h3-12,15,26,32H,13-14H2,1-2H3,(H,29,30). The van der Waals surface area contributed by atoms with Crippen LogP contribution in [-0.4, -0.2) is 46.9 Å². The second kappa shape index (κ2) is 9.35. The second-order valence-electron chi connectivity index (χ2n) is 8.27. The molecule has 1 aliphatic heterocycles. The monoisotopic (exact) mass is 489 g/mol. The fourth-order valence-electron chi connectivity index (χ4n) is 4.58. The molecule has 0 spiro atoms. The van der Waals surface area contributed by atoms with Gasteiger partial charge < -0.3 is 19.5 Å². The number of nitrogens with one attached hydrogen (secondary N) is 1. The third-order valence-corrected chi connectivity index (χ3v) is 6.55. The lowest BCUT2D eigenvalue weighted by molar-refractivity contribution is 0.0746. The number of hydrogen-bond acceptors (Lipinski definition) is 5. The molecule has 1 atom stereocenters. The number of methoxy groups -OCH3 is 2. The number of benzene rings is 3. The topological polar surface area (TPSA) is 87.7 Å². The highest BCUT2D eigenvalue weighted by Gasteiger charge is 2.42. The van der Waals surface area contributed by atoms with Gasteiger partial charge >= 0.3 is 0 Å². The van der Waals surface area contributed by atoms with Gasteiger partial charge in [0.25, 0.3) is 5.91 Å². The summed E-state index contributed by atoms with van der Waals surface area (Å²) < 4.78 is 10.8. The van der Waals surface area contributed by atoms with Gasteiger partial charge in [-0.05, 0) is 53.9 Å². The Morgan fingerprint density at radius 2 is 1.77 bits per heavy atom. The molecule has 0 radical (unpaired) electrons. The zero-order valence-electron chi connectivity index (χ0n) is 19.3. The van der Waals surface area contributed by atoms with Crippen LogP contribution in [0.25, 0.3) is 11.3 Å². The molecular weight excluding hydrogens is 466 g/mol. The van der Waals surface area contributed by atoms with Gasteiger partial charge in [-0.3, -0.25) is 9.89 Å². The minimum Gasteiger partial charge on any atom is -0.507 e. The van der Waals surface area contributed by atoms with E-state index in [0.717, 1.165) is 16.7 Å². The first-order chi connectivity index (χ1) is 17.0. The number of fused-ring (bicyclic) bond motifs is 1. The Morgan fingerprint density at radius 3 is 2.49 bits per heavy atom. The average Bonchev–Trinajstić information content (AvgIpc) is 3.42. The summed E-state index contributed by atoms with van der Waals surface area (Å²) in [4.78, 5) is 15.4. The maximum atomic E-state index is 13.5. The van der Waals surface area contributed by atoms with Gasteiger partial charge in [0.1, 0.15) is 17.1 Å². The van der Waals surface area contributed by atoms with E-state index in [4.69, 9.17) is 21.1 Å². The van der Waals surface area contributed by atoms with E-state index in [-0.39, 0.29) is 17.7 Å². The number of carbonyl (C=O) groups is 1. The summed E-state index contributed by atoms with van der Waals surface area (Å²) in [5.74, 6) is 1.26. The first-order valence-corrected chi connectivity index (χ1v) is 11.5. The van der Waals surface area contributed by atoms with Crippen LogP contribution in [0.3, 0.4) is 0 Å². The number of nitrogens with zero attached hydrogens (tertiary/aromatic N) is 2. The van der Waals surface area contributed by atoms with Gasteiger partial charge in [-0.2, -0.15) is 5.10 Å². The van der Waals surface area contributed by atoms with E-state index in [0.29, 0.717) is 46.4 Å². The molecule has 35 heavy (non-hydrogen) atoms. The number of carbonyl (C=O) groups excluding carboxylic acids is 1. The van der Waals surface area contributed by atoms with Crippen molar-refractivity contribution in [3.63, 3.8) is 0 Å². The molecule has 4 aromatic rings. The second-order valence-corrected chi connectivity index (χ2v) is 8.71. The molecule has 1 aliphatic rings. The predicted octanol–water partition coefficient (Wildman–Crippen LogP) is 5.24. The molecule has 0 saturated heterocycles. The number of phenols is 1. The van der Waals surface area contributed by atoms with Crippen molar-refractivity contribution in [2.24, 2.45) is 0 Å². The fraction of sp³-hybridized carbons (Fsp3) is 0.185. The zero-order chi connectivity index (χ0) is 24.5. The number of ether oxygens (including phenoxy) is 2. The van der Waals surface area contributed by atoms with Crippen molar-refractivity contribution in [3.8, 4) is 28.5 Å². The van der Waals surface area contributed by atoms with Crippen molar-refractivity contribution < 1.29 is 19.4 Å². The third-order valence-electron chi connectivity index (χ3n) is 6.30. The maximum Gasteiger partial charge on any atom is 0.273 e. The van der Waals surface area contributed by atoms with Crippen molar-refractivity contribution in [1.82, 2.24) is 15.1 Å². The molecule has 2 heterocycles. The summed E-state index contributed by atoms with van der Waals surface area (Å²) in [5, 5.41) is 18.4. The summed E-state index contributed by atoms with van der Waals surface area (Å²) >= 11 is 6.15. The highest BCUT2D eigenvalue weighted by atomic mass is 35.5. The minimum atomic E-state index is -0.386. The predicted molar refractivity (Wildman–Crippen MR) is 133 cm³/mol. The summed E-state index contributed by atoms with van der Waals surface area (Å²) in [6.07, 6.45) is 0.611. The lowest BCUT2D eigenvalue weighted by Gasteiger charge is -2.26. The molecule has 1 aromatic heterocycles. The maximum absolute atomic E-state index is 13.5. The molecule has 0 fully saturated rings. The SMILES string of the molecule is COc1ccc(CCN2C(=O)c3[nH]nc(-c4ccccc4O)c3C2c2ccc(Cl)cc2)cc1OC. The van der Waals surface area contributed by atoms with Gasteiger partial charge in [-0.1, -0.05) is 41.9 Å². The van der Waals surface area contributed by atoms with E-state index in [9.17, 15) is 9.90 Å². The Kier molecular flexibility index (Phi) is 6.09. The third kappa shape index (κ3) is 4.08. The number of para-hydroxylation sites is 1. The van der Waals surface area contributed by atoms with Crippen molar-refractivity contribution in [3.05, 3.63) is 94.1 Å². The highest BCUT2D eigenvalue weighted by molar-refractivity contribution is 6.30. The molecule has 1 unspecified atom stereocenters. The Hall–Kier alpha value is -3.97. The molecule has 0 aliphatic carbocycles. The van der Waals surface area contributed by atoms with Crippen molar-refractivity contribution in [1.29, 1.82) is 0 Å². The largest absolute Gasteiger partial charge is 0.507 e. The van der Waals surface area contributed by atoms with Gasteiger partial charge in [-0.25, -0.2) is 0 Å². The smallest absolute Gasteiger partial charge is 0.273 e. The number of aromatic nitrogens is 2. The Balaban J connectivity index is 1.54. The summed E-state index contributed by atoms with van der Waals surface area (Å²) in [6, 6.07) is 19.8. The van der Waals surface area contributed by atoms with Gasteiger partial charge in [0.05, 0.1) is 20.3 Å². The number of rotatable bonds is 7. The van der Waals surface area contributed by atoms with Crippen molar-refractivity contribution >= 4 is 17.5 Å². The normalized spacial score (nSPS) is 14.8. The summed E-state index contributed by atoms with van der Waals surface area (Å²) in [5.41, 5.74) is 4.21. The van der Waals surface area contributed by atoms with E-state index < -0.39 is 0 Å². The highest BCUT2D eigenvalue weighted by Crippen LogP contribution is 2.44.